The highest BCUT2D eigenvalue weighted by atomic mass is 16.5. The molecule has 3 fully saturated rings. The van der Waals surface area contributed by atoms with Gasteiger partial charge < -0.3 is 25.8 Å². The summed E-state index contributed by atoms with van der Waals surface area (Å²) in [5.41, 5.74) is 7.59. The summed E-state index contributed by atoms with van der Waals surface area (Å²) in [6.45, 7) is 0. The van der Waals surface area contributed by atoms with Gasteiger partial charge in [-0.05, 0) is 80.8 Å². The number of hydrogen-bond donors (Lipinski definition) is 3. The topological polar surface area (TPSA) is 133 Å². The standard InChI is InChI=1S/C30H32N6O4/c1-36-17-23(29(38)34-30-11-7-18(8-12-30)9-13-30)28(35-36)33-19-3-5-20(6-4-19)40-25-10-14-32-24-16-26(39-2)22(27(31)37)15-21(24)25/h3-6,10,14-18H,7-9,11-13H2,1-2H3,(H2,31,37)(H,33,35)(H,34,38). The molecular weight excluding hydrogens is 508 g/mol. The normalized spacial score (nSPS) is 19.8. The van der Waals surface area contributed by atoms with Crippen molar-refractivity contribution in [2.24, 2.45) is 18.7 Å². The van der Waals surface area contributed by atoms with Gasteiger partial charge in [-0.1, -0.05) is 0 Å². The number of anilines is 2. The average Bonchev–Trinajstić information content (AvgIpc) is 3.34. The summed E-state index contributed by atoms with van der Waals surface area (Å²) in [5.74, 6) is 2.10. The summed E-state index contributed by atoms with van der Waals surface area (Å²) in [4.78, 5) is 29.6. The van der Waals surface area contributed by atoms with Crippen LogP contribution in [-0.2, 0) is 7.05 Å². The number of nitrogens with zero attached hydrogens (tertiary/aromatic N) is 3. The zero-order chi connectivity index (χ0) is 27.9. The van der Waals surface area contributed by atoms with Gasteiger partial charge in [0.2, 0.25) is 0 Å². The number of hydrogen-bond acceptors (Lipinski definition) is 7. The number of carbonyl (C=O) groups is 2. The number of methoxy groups -OCH3 is 1. The van der Waals surface area contributed by atoms with E-state index in [0.717, 1.165) is 30.9 Å². The van der Waals surface area contributed by atoms with Gasteiger partial charge in [-0.3, -0.25) is 19.3 Å². The zero-order valence-electron chi connectivity index (χ0n) is 22.6. The van der Waals surface area contributed by atoms with Gasteiger partial charge in [-0.2, -0.15) is 5.10 Å². The van der Waals surface area contributed by atoms with E-state index < -0.39 is 5.91 Å². The van der Waals surface area contributed by atoms with E-state index >= 15 is 0 Å². The summed E-state index contributed by atoms with van der Waals surface area (Å²) in [6, 6.07) is 12.4. The third-order valence-electron chi connectivity index (χ3n) is 8.18. The Kier molecular flexibility index (Phi) is 6.53. The first-order valence-electron chi connectivity index (χ1n) is 13.5. The summed E-state index contributed by atoms with van der Waals surface area (Å²) in [5, 5.41) is 11.8. The van der Waals surface area contributed by atoms with Crippen molar-refractivity contribution in [3.05, 3.63) is 66.0 Å². The highest BCUT2D eigenvalue weighted by Gasteiger charge is 2.41. The molecule has 3 aliphatic rings. The minimum Gasteiger partial charge on any atom is -0.496 e. The van der Waals surface area contributed by atoms with Crippen LogP contribution in [0.3, 0.4) is 0 Å². The number of nitrogens with two attached hydrogens (primary N) is 1. The lowest BCUT2D eigenvalue weighted by Gasteiger charge is -2.46. The number of ether oxygens (including phenoxy) is 2. The Bertz CT molecular complexity index is 1570. The van der Waals surface area contributed by atoms with Gasteiger partial charge in [0.05, 0.1) is 18.2 Å². The molecule has 2 bridgehead atoms. The van der Waals surface area contributed by atoms with E-state index in [-0.39, 0.29) is 17.0 Å². The number of primary amides is 1. The molecule has 0 saturated heterocycles. The maximum Gasteiger partial charge on any atom is 0.257 e. The van der Waals surface area contributed by atoms with E-state index in [1.807, 2.05) is 24.3 Å². The molecule has 0 spiro atoms. The van der Waals surface area contributed by atoms with Crippen molar-refractivity contribution in [1.29, 1.82) is 0 Å². The lowest BCUT2D eigenvalue weighted by atomic mass is 9.66. The van der Waals surface area contributed by atoms with Gasteiger partial charge in [-0.25, -0.2) is 0 Å². The molecule has 3 aliphatic carbocycles. The smallest absolute Gasteiger partial charge is 0.257 e. The van der Waals surface area contributed by atoms with Crippen LogP contribution in [0.5, 0.6) is 17.2 Å². The van der Waals surface area contributed by atoms with Gasteiger partial charge in [0.25, 0.3) is 11.8 Å². The third-order valence-corrected chi connectivity index (χ3v) is 8.18. The van der Waals surface area contributed by atoms with Crippen molar-refractivity contribution >= 4 is 34.2 Å². The Morgan fingerprint density at radius 3 is 2.42 bits per heavy atom. The van der Waals surface area contributed by atoms with Gasteiger partial charge in [0, 0.05) is 42.1 Å². The fraction of sp³-hybridized carbons (Fsp3) is 0.333. The zero-order valence-corrected chi connectivity index (χ0v) is 22.6. The molecule has 4 N–H and O–H groups in total. The number of nitrogens with one attached hydrogen (secondary N) is 2. The van der Waals surface area contributed by atoms with E-state index in [1.165, 1.54) is 26.4 Å². The van der Waals surface area contributed by atoms with E-state index in [9.17, 15) is 9.59 Å². The average molecular weight is 541 g/mol. The second-order valence-corrected chi connectivity index (χ2v) is 10.8. The lowest BCUT2D eigenvalue weighted by Crippen LogP contribution is -2.53. The van der Waals surface area contributed by atoms with Crippen LogP contribution in [0.15, 0.2) is 54.9 Å². The Balaban J connectivity index is 1.19. The molecule has 10 heteroatoms. The molecule has 0 aliphatic heterocycles. The largest absolute Gasteiger partial charge is 0.496 e. The monoisotopic (exact) mass is 540 g/mol. The van der Waals surface area contributed by atoms with E-state index in [2.05, 4.69) is 20.7 Å². The molecule has 206 valence electrons. The number of carbonyl (C=O) groups excluding carboxylic acids is 2. The summed E-state index contributed by atoms with van der Waals surface area (Å²) >= 11 is 0. The number of aromatic nitrogens is 3. The third kappa shape index (κ3) is 4.92. The molecule has 10 nitrogen and oxygen atoms in total. The van der Waals surface area contributed by atoms with Crippen molar-refractivity contribution in [2.75, 3.05) is 12.4 Å². The van der Waals surface area contributed by atoms with Crippen molar-refractivity contribution in [3.8, 4) is 17.2 Å². The van der Waals surface area contributed by atoms with E-state index in [1.54, 1.807) is 42.3 Å². The first-order chi connectivity index (χ1) is 19.3. The van der Waals surface area contributed by atoms with Crippen LogP contribution in [0.4, 0.5) is 11.5 Å². The Morgan fingerprint density at radius 1 is 1.02 bits per heavy atom. The van der Waals surface area contributed by atoms with Gasteiger partial charge >= 0.3 is 0 Å². The number of fused-ring (bicyclic) bond motifs is 4. The summed E-state index contributed by atoms with van der Waals surface area (Å²) < 4.78 is 13.1. The van der Waals surface area contributed by atoms with Gasteiger partial charge in [0.1, 0.15) is 22.8 Å². The van der Waals surface area contributed by atoms with Crippen molar-refractivity contribution in [1.82, 2.24) is 20.1 Å². The predicted molar refractivity (Wildman–Crippen MR) is 151 cm³/mol. The van der Waals surface area contributed by atoms with Crippen molar-refractivity contribution in [2.45, 2.75) is 44.1 Å². The first-order valence-corrected chi connectivity index (χ1v) is 13.5. The van der Waals surface area contributed by atoms with Crippen molar-refractivity contribution in [3.63, 3.8) is 0 Å². The molecule has 3 saturated carbocycles. The lowest BCUT2D eigenvalue weighted by molar-refractivity contribution is 0.0714. The Morgan fingerprint density at radius 2 is 1.75 bits per heavy atom. The molecule has 2 amide bonds. The second-order valence-electron chi connectivity index (χ2n) is 10.8. The molecular formula is C30H32N6O4. The maximum atomic E-state index is 13.3. The van der Waals surface area contributed by atoms with E-state index in [4.69, 9.17) is 15.2 Å². The van der Waals surface area contributed by atoms with E-state index in [0.29, 0.717) is 39.5 Å². The van der Waals surface area contributed by atoms with Gasteiger partial charge in [-0.15, -0.1) is 0 Å². The maximum absolute atomic E-state index is 13.3. The molecule has 2 aromatic heterocycles. The number of benzene rings is 2. The van der Waals surface area contributed by atoms with Crippen LogP contribution in [-0.4, -0.2) is 39.2 Å². The molecule has 0 atom stereocenters. The highest BCUT2D eigenvalue weighted by molar-refractivity contribution is 6.01. The first kappa shape index (κ1) is 25.7. The molecule has 0 radical (unpaired) electrons. The van der Waals surface area contributed by atoms with Crippen LogP contribution < -0.4 is 25.8 Å². The Labute approximate surface area is 231 Å². The molecule has 2 heterocycles. The Hall–Kier alpha value is -4.60. The summed E-state index contributed by atoms with van der Waals surface area (Å²) in [6.07, 6.45) is 10.1. The number of aryl methyl sites for hydroxylation is 1. The second kappa shape index (κ2) is 10.2. The fourth-order valence-electron chi connectivity index (χ4n) is 5.96. The van der Waals surface area contributed by atoms with Crippen LogP contribution in [0.2, 0.25) is 0 Å². The SMILES string of the molecule is COc1cc2nccc(Oc3ccc(Nc4nn(C)cc4C(=O)NC45CCC(CC4)CC5)cc3)c2cc1C(N)=O. The van der Waals surface area contributed by atoms with Crippen LogP contribution >= 0.6 is 0 Å². The highest BCUT2D eigenvalue weighted by Crippen LogP contribution is 2.44. The molecule has 4 aromatic rings. The molecule has 7 rings (SSSR count). The predicted octanol–water partition coefficient (Wildman–Crippen LogP) is 5.06. The number of rotatable bonds is 8. The fourth-order valence-corrected chi connectivity index (χ4v) is 5.96. The molecule has 40 heavy (non-hydrogen) atoms. The van der Waals surface area contributed by atoms with Crippen LogP contribution in [0.1, 0.15) is 59.2 Å². The summed E-state index contributed by atoms with van der Waals surface area (Å²) in [7, 11) is 3.28. The van der Waals surface area contributed by atoms with Crippen LogP contribution in [0.25, 0.3) is 10.9 Å². The minimum atomic E-state index is -0.600. The molecule has 0 unspecified atom stereocenters. The van der Waals surface area contributed by atoms with Crippen molar-refractivity contribution < 1.29 is 19.1 Å². The molecule has 2 aromatic carbocycles. The van der Waals surface area contributed by atoms with Gasteiger partial charge in [0.15, 0.2) is 5.82 Å². The number of amides is 2. The minimum absolute atomic E-state index is 0.0849. The van der Waals surface area contributed by atoms with Crippen LogP contribution in [0, 0.1) is 5.92 Å². The quantitative estimate of drug-likeness (QED) is 0.284. The number of pyridine rings is 1.